The van der Waals surface area contributed by atoms with Gasteiger partial charge < -0.3 is 20.3 Å². The van der Waals surface area contributed by atoms with Gasteiger partial charge in [0.2, 0.25) is 0 Å². The second-order valence-electron chi connectivity index (χ2n) is 6.88. The highest BCUT2D eigenvalue weighted by Crippen LogP contribution is 2.40. The van der Waals surface area contributed by atoms with Gasteiger partial charge in [-0.15, -0.1) is 12.4 Å². The molecule has 6 heteroatoms. The molecule has 1 aliphatic rings. The van der Waals surface area contributed by atoms with Gasteiger partial charge in [-0.2, -0.15) is 0 Å². The van der Waals surface area contributed by atoms with E-state index in [4.69, 9.17) is 26.8 Å². The number of rotatable bonds is 7. The summed E-state index contributed by atoms with van der Waals surface area (Å²) in [6.45, 7) is 0.389. The smallest absolute Gasteiger partial charge is 0.180 e. The zero-order chi connectivity index (χ0) is 18.5. The van der Waals surface area contributed by atoms with Gasteiger partial charge in [0.05, 0.1) is 18.2 Å². The fourth-order valence-electron chi connectivity index (χ4n) is 3.60. The molecule has 0 heterocycles. The van der Waals surface area contributed by atoms with Crippen molar-refractivity contribution < 1.29 is 14.6 Å². The average Bonchev–Trinajstić information content (AvgIpc) is 3.20. The fourth-order valence-corrected chi connectivity index (χ4v) is 3.88. The van der Waals surface area contributed by atoms with Crippen molar-refractivity contribution in [1.29, 1.82) is 0 Å². The minimum Gasteiger partial charge on any atom is -0.493 e. The molecule has 0 amide bonds. The van der Waals surface area contributed by atoms with E-state index in [-0.39, 0.29) is 18.4 Å². The van der Waals surface area contributed by atoms with Crippen LogP contribution in [0.3, 0.4) is 0 Å². The Balaban J connectivity index is 0.00000261. The van der Waals surface area contributed by atoms with Crippen molar-refractivity contribution in [2.45, 2.75) is 44.4 Å². The molecule has 27 heavy (non-hydrogen) atoms. The molecule has 4 nitrogen and oxygen atoms in total. The van der Waals surface area contributed by atoms with Gasteiger partial charge in [-0.3, -0.25) is 0 Å². The van der Waals surface area contributed by atoms with Gasteiger partial charge in [0.25, 0.3) is 0 Å². The van der Waals surface area contributed by atoms with Gasteiger partial charge in [0.1, 0.15) is 6.61 Å². The van der Waals surface area contributed by atoms with E-state index in [0.29, 0.717) is 34.6 Å². The molecule has 3 N–H and O–H groups in total. The molecule has 0 aromatic heterocycles. The standard InChI is InChI=1S/C21H26ClNO3.ClH/c1-25-18-12-16(20(24)19(23)15-9-5-6-10-15)11-17(22)21(18)26-13-14-7-3-2-4-8-14;/h2-4,7-8,11-12,15,19-20,24H,5-6,9-10,13,23H2,1H3;1H. The first-order chi connectivity index (χ1) is 12.6. The lowest BCUT2D eigenvalue weighted by Crippen LogP contribution is -2.35. The van der Waals surface area contributed by atoms with Crippen molar-refractivity contribution in [3.63, 3.8) is 0 Å². The van der Waals surface area contributed by atoms with E-state index in [1.165, 1.54) is 12.8 Å². The number of hydrogen-bond acceptors (Lipinski definition) is 4. The van der Waals surface area contributed by atoms with Crippen molar-refractivity contribution in [2.24, 2.45) is 11.7 Å². The third kappa shape index (κ3) is 5.29. The van der Waals surface area contributed by atoms with Crippen LogP contribution < -0.4 is 15.2 Å². The second-order valence-corrected chi connectivity index (χ2v) is 7.28. The number of aliphatic hydroxyl groups is 1. The summed E-state index contributed by atoms with van der Waals surface area (Å²) in [5, 5.41) is 11.1. The zero-order valence-corrected chi connectivity index (χ0v) is 17.0. The Bertz CT molecular complexity index is 721. The maximum atomic E-state index is 10.7. The van der Waals surface area contributed by atoms with Crippen LogP contribution in [0.1, 0.15) is 42.9 Å². The third-order valence-corrected chi connectivity index (χ3v) is 5.41. The van der Waals surface area contributed by atoms with Crippen LogP contribution in [0.25, 0.3) is 0 Å². The van der Waals surface area contributed by atoms with Crippen LogP contribution >= 0.6 is 24.0 Å². The molecule has 0 aliphatic heterocycles. The molecule has 3 rings (SSSR count). The molecule has 1 aliphatic carbocycles. The number of halogens is 2. The molecular weight excluding hydrogens is 385 g/mol. The molecular formula is C21H27Cl2NO3. The highest BCUT2D eigenvalue weighted by atomic mass is 35.5. The lowest BCUT2D eigenvalue weighted by molar-refractivity contribution is 0.118. The van der Waals surface area contributed by atoms with Crippen LogP contribution in [-0.2, 0) is 6.61 Å². The monoisotopic (exact) mass is 411 g/mol. The predicted octanol–water partition coefficient (Wildman–Crippen LogP) is 4.90. The van der Waals surface area contributed by atoms with E-state index in [0.717, 1.165) is 18.4 Å². The Labute approximate surface area is 172 Å². The number of nitrogens with two attached hydrogens (primary N) is 1. The summed E-state index contributed by atoms with van der Waals surface area (Å²) in [6.07, 6.45) is 3.73. The first-order valence-corrected chi connectivity index (χ1v) is 9.45. The Morgan fingerprint density at radius 1 is 1.19 bits per heavy atom. The molecule has 1 saturated carbocycles. The molecule has 2 aromatic carbocycles. The SMILES string of the molecule is COc1cc(C(O)C(N)C2CCCC2)cc(Cl)c1OCc1ccccc1.Cl. The normalized spacial score (nSPS) is 16.4. The number of ether oxygens (including phenoxy) is 2. The lowest BCUT2D eigenvalue weighted by atomic mass is 9.90. The molecule has 0 radical (unpaired) electrons. The van der Waals surface area contributed by atoms with Crippen molar-refractivity contribution in [1.82, 2.24) is 0 Å². The van der Waals surface area contributed by atoms with Crippen LogP contribution in [0.15, 0.2) is 42.5 Å². The fraction of sp³-hybridized carbons (Fsp3) is 0.429. The Morgan fingerprint density at radius 3 is 2.48 bits per heavy atom. The van der Waals surface area contributed by atoms with E-state index in [1.54, 1.807) is 19.2 Å². The first-order valence-electron chi connectivity index (χ1n) is 9.08. The van der Waals surface area contributed by atoms with E-state index in [2.05, 4.69) is 0 Å². The maximum Gasteiger partial charge on any atom is 0.180 e. The van der Waals surface area contributed by atoms with Crippen molar-refractivity contribution in [3.8, 4) is 11.5 Å². The number of hydrogen-bond donors (Lipinski definition) is 2. The Morgan fingerprint density at radius 2 is 1.85 bits per heavy atom. The van der Waals surface area contributed by atoms with E-state index in [9.17, 15) is 5.11 Å². The minimum absolute atomic E-state index is 0. The van der Waals surface area contributed by atoms with E-state index < -0.39 is 6.10 Å². The van der Waals surface area contributed by atoms with Crippen LogP contribution in [0.4, 0.5) is 0 Å². The van der Waals surface area contributed by atoms with Crippen molar-refractivity contribution in [3.05, 3.63) is 58.6 Å². The highest BCUT2D eigenvalue weighted by molar-refractivity contribution is 6.32. The highest BCUT2D eigenvalue weighted by Gasteiger charge is 2.29. The molecule has 1 fully saturated rings. The molecule has 2 atom stereocenters. The molecule has 0 saturated heterocycles. The largest absolute Gasteiger partial charge is 0.493 e. The molecule has 0 spiro atoms. The number of methoxy groups -OCH3 is 1. The average molecular weight is 412 g/mol. The van der Waals surface area contributed by atoms with Crippen LogP contribution in [0.2, 0.25) is 5.02 Å². The number of benzene rings is 2. The summed E-state index contributed by atoms with van der Waals surface area (Å²) in [6, 6.07) is 13.0. The zero-order valence-electron chi connectivity index (χ0n) is 15.4. The Hall–Kier alpha value is -1.46. The van der Waals surface area contributed by atoms with Gasteiger partial charge in [-0.1, -0.05) is 54.8 Å². The second kappa shape index (κ2) is 10.2. The van der Waals surface area contributed by atoms with E-state index in [1.807, 2.05) is 30.3 Å². The van der Waals surface area contributed by atoms with Gasteiger partial charge in [0.15, 0.2) is 11.5 Å². The molecule has 0 bridgehead atoms. The van der Waals surface area contributed by atoms with Gasteiger partial charge in [0, 0.05) is 6.04 Å². The summed E-state index contributed by atoms with van der Waals surface area (Å²) < 4.78 is 11.3. The van der Waals surface area contributed by atoms with E-state index >= 15 is 0 Å². The topological polar surface area (TPSA) is 64.7 Å². The van der Waals surface area contributed by atoms with Gasteiger partial charge in [-0.05, 0) is 42.0 Å². The summed E-state index contributed by atoms with van der Waals surface area (Å²) in [5.41, 5.74) is 8.01. The van der Waals surface area contributed by atoms with Gasteiger partial charge in [-0.25, -0.2) is 0 Å². The van der Waals surface area contributed by atoms with Crippen molar-refractivity contribution in [2.75, 3.05) is 7.11 Å². The minimum atomic E-state index is -0.771. The summed E-state index contributed by atoms with van der Waals surface area (Å²) >= 11 is 6.43. The molecule has 2 unspecified atom stereocenters. The summed E-state index contributed by atoms with van der Waals surface area (Å²) in [4.78, 5) is 0. The summed E-state index contributed by atoms with van der Waals surface area (Å²) in [7, 11) is 1.56. The molecule has 2 aromatic rings. The van der Waals surface area contributed by atoms with Gasteiger partial charge >= 0.3 is 0 Å². The first kappa shape index (κ1) is 21.8. The predicted molar refractivity (Wildman–Crippen MR) is 111 cm³/mol. The molecule has 148 valence electrons. The quantitative estimate of drug-likeness (QED) is 0.679. The third-order valence-electron chi connectivity index (χ3n) is 5.13. The van der Waals surface area contributed by atoms with Crippen LogP contribution in [0.5, 0.6) is 11.5 Å². The van der Waals surface area contributed by atoms with Crippen LogP contribution in [-0.4, -0.2) is 18.3 Å². The van der Waals surface area contributed by atoms with Crippen LogP contribution in [0, 0.1) is 5.92 Å². The van der Waals surface area contributed by atoms with Crippen molar-refractivity contribution >= 4 is 24.0 Å². The summed E-state index contributed by atoms with van der Waals surface area (Å²) in [5.74, 6) is 1.33. The Kier molecular flexibility index (Phi) is 8.24. The maximum absolute atomic E-state index is 10.7. The lowest BCUT2D eigenvalue weighted by Gasteiger charge is -2.25. The number of aliphatic hydroxyl groups excluding tert-OH is 1.